The van der Waals surface area contributed by atoms with Gasteiger partial charge in [-0.15, -0.1) is 34.2 Å². The number of guanidine groups is 1. The van der Waals surface area contributed by atoms with Gasteiger partial charge in [-0.05, 0) is 45.4 Å². The molecule has 1 aromatic rings. The number of halogens is 1. The molecule has 0 amide bonds. The lowest BCUT2D eigenvalue weighted by molar-refractivity contribution is 0.598. The first-order valence-corrected chi connectivity index (χ1v) is 9.82. The molecule has 1 unspecified atom stereocenters. The maximum Gasteiger partial charge on any atom is 0.191 e. The normalized spacial score (nSPS) is 15.8. The van der Waals surface area contributed by atoms with Crippen LogP contribution < -0.4 is 10.6 Å². The summed E-state index contributed by atoms with van der Waals surface area (Å²) >= 11 is 0. The van der Waals surface area contributed by atoms with E-state index in [0.29, 0.717) is 6.04 Å². The first kappa shape index (κ1) is 22.9. The van der Waals surface area contributed by atoms with Gasteiger partial charge >= 0.3 is 0 Å². The van der Waals surface area contributed by atoms with Gasteiger partial charge in [0.25, 0.3) is 0 Å². The smallest absolute Gasteiger partial charge is 0.191 e. The second-order valence-corrected chi connectivity index (χ2v) is 6.76. The molecule has 148 valence electrons. The Morgan fingerprint density at radius 2 is 2.19 bits per heavy atom. The van der Waals surface area contributed by atoms with E-state index in [1.54, 1.807) is 11.9 Å². The Morgan fingerprint density at radius 3 is 2.88 bits per heavy atom. The number of hydrogen-bond acceptors (Lipinski definition) is 3. The molecule has 0 fully saturated rings. The lowest BCUT2D eigenvalue weighted by Gasteiger charge is -2.18. The van der Waals surface area contributed by atoms with Crippen molar-refractivity contribution in [3.8, 4) is 0 Å². The van der Waals surface area contributed by atoms with Crippen molar-refractivity contribution in [2.24, 2.45) is 4.99 Å². The highest BCUT2D eigenvalue weighted by molar-refractivity contribution is 14.0. The summed E-state index contributed by atoms with van der Waals surface area (Å²) in [4.78, 5) is 4.78. The summed E-state index contributed by atoms with van der Waals surface area (Å²) in [6.45, 7) is 9.00. The molecule has 0 spiro atoms. The topological polar surface area (TPSA) is 67.1 Å². The van der Waals surface area contributed by atoms with Crippen LogP contribution in [0.4, 0.5) is 0 Å². The standard InChI is InChI=1S/C19H34N6.HI/c1-4-16(3)23-19(20-12-11-17-9-7-6-8-10-17)21-13-14-25-15-22-24-18(25)5-2;/h9,15-16H,4-8,10-14H2,1-3H3,(H2,20,21,23);1H. The van der Waals surface area contributed by atoms with Crippen molar-refractivity contribution in [3.05, 3.63) is 23.8 Å². The number of allylic oxidation sites excluding steroid dienone is 1. The van der Waals surface area contributed by atoms with Crippen molar-refractivity contribution in [2.45, 2.75) is 78.3 Å². The molecular formula is C19H35IN6. The molecule has 0 radical (unpaired) electrons. The second kappa shape index (κ2) is 13.1. The van der Waals surface area contributed by atoms with Crippen molar-refractivity contribution < 1.29 is 0 Å². The lowest BCUT2D eigenvalue weighted by atomic mass is 9.97. The third-order valence-electron chi connectivity index (χ3n) is 4.74. The molecule has 1 aliphatic rings. The third kappa shape index (κ3) is 8.05. The predicted molar refractivity (Wildman–Crippen MR) is 119 cm³/mol. The van der Waals surface area contributed by atoms with Crippen molar-refractivity contribution in [3.63, 3.8) is 0 Å². The second-order valence-electron chi connectivity index (χ2n) is 6.76. The van der Waals surface area contributed by atoms with Crippen LogP contribution in [0.3, 0.4) is 0 Å². The molecule has 1 atom stereocenters. The maximum absolute atomic E-state index is 4.78. The van der Waals surface area contributed by atoms with Crippen LogP contribution in [-0.2, 0) is 13.0 Å². The Balaban J connectivity index is 0.00000338. The summed E-state index contributed by atoms with van der Waals surface area (Å²) in [6.07, 6.45) is 12.5. The molecule has 1 heterocycles. The highest BCUT2D eigenvalue weighted by atomic mass is 127. The van der Waals surface area contributed by atoms with Crippen LogP contribution in [0.15, 0.2) is 23.0 Å². The largest absolute Gasteiger partial charge is 0.355 e. The van der Waals surface area contributed by atoms with Crippen LogP contribution in [0, 0.1) is 0 Å². The number of nitrogens with one attached hydrogen (secondary N) is 2. The van der Waals surface area contributed by atoms with E-state index in [1.807, 2.05) is 0 Å². The number of aromatic nitrogens is 3. The summed E-state index contributed by atoms with van der Waals surface area (Å²) in [7, 11) is 0. The zero-order valence-electron chi connectivity index (χ0n) is 16.5. The van der Waals surface area contributed by atoms with E-state index in [2.05, 4.69) is 52.2 Å². The molecule has 7 heteroatoms. The van der Waals surface area contributed by atoms with Crippen LogP contribution in [-0.4, -0.2) is 39.9 Å². The van der Waals surface area contributed by atoms with E-state index in [-0.39, 0.29) is 24.0 Å². The molecular weight excluding hydrogens is 439 g/mol. The van der Waals surface area contributed by atoms with Crippen molar-refractivity contribution in [1.29, 1.82) is 0 Å². The molecule has 0 aromatic carbocycles. The minimum atomic E-state index is 0. The molecule has 0 bridgehead atoms. The fraction of sp³-hybridized carbons (Fsp3) is 0.737. The van der Waals surface area contributed by atoms with E-state index in [4.69, 9.17) is 4.99 Å². The third-order valence-corrected chi connectivity index (χ3v) is 4.74. The van der Waals surface area contributed by atoms with E-state index in [1.165, 1.54) is 25.7 Å². The van der Waals surface area contributed by atoms with E-state index in [9.17, 15) is 0 Å². The number of aliphatic imine (C=N–C) groups is 1. The van der Waals surface area contributed by atoms with Crippen LogP contribution >= 0.6 is 24.0 Å². The van der Waals surface area contributed by atoms with Crippen molar-refractivity contribution >= 4 is 29.9 Å². The Hall–Kier alpha value is -1.12. The lowest BCUT2D eigenvalue weighted by Crippen LogP contribution is -2.43. The predicted octanol–water partition coefficient (Wildman–Crippen LogP) is 3.68. The molecule has 0 saturated carbocycles. The van der Waals surface area contributed by atoms with Gasteiger partial charge in [0, 0.05) is 32.1 Å². The molecule has 0 saturated heterocycles. The number of nitrogens with zero attached hydrogens (tertiary/aromatic N) is 4. The van der Waals surface area contributed by atoms with Crippen molar-refractivity contribution in [2.75, 3.05) is 13.1 Å². The Bertz CT molecular complexity index is 566. The van der Waals surface area contributed by atoms with Gasteiger partial charge in [-0.25, -0.2) is 0 Å². The van der Waals surface area contributed by atoms with Gasteiger partial charge in [-0.3, -0.25) is 4.99 Å². The molecule has 26 heavy (non-hydrogen) atoms. The molecule has 0 aliphatic heterocycles. The Kier molecular flexibility index (Phi) is 11.6. The quantitative estimate of drug-likeness (QED) is 0.248. The summed E-state index contributed by atoms with van der Waals surface area (Å²) in [5.74, 6) is 1.94. The zero-order valence-corrected chi connectivity index (χ0v) is 18.8. The van der Waals surface area contributed by atoms with Gasteiger partial charge in [0.2, 0.25) is 0 Å². The number of rotatable bonds is 9. The molecule has 1 aromatic heterocycles. The average Bonchev–Trinajstić information content (AvgIpc) is 3.09. The van der Waals surface area contributed by atoms with Gasteiger partial charge < -0.3 is 15.2 Å². The number of hydrogen-bond donors (Lipinski definition) is 2. The summed E-state index contributed by atoms with van der Waals surface area (Å²) in [5, 5.41) is 15.1. The summed E-state index contributed by atoms with van der Waals surface area (Å²) < 4.78 is 2.10. The SMILES string of the molecule is CCc1nncn1CCNC(=NCCC1=CCCCC1)NC(C)CC.I. The van der Waals surface area contributed by atoms with E-state index < -0.39 is 0 Å². The molecule has 2 N–H and O–H groups in total. The Morgan fingerprint density at radius 1 is 1.35 bits per heavy atom. The first-order chi connectivity index (χ1) is 12.2. The fourth-order valence-electron chi connectivity index (χ4n) is 2.97. The Labute approximate surface area is 175 Å². The van der Waals surface area contributed by atoms with Gasteiger partial charge in [0.15, 0.2) is 5.96 Å². The van der Waals surface area contributed by atoms with Crippen molar-refractivity contribution in [1.82, 2.24) is 25.4 Å². The summed E-state index contributed by atoms with van der Waals surface area (Å²) in [6, 6.07) is 0.418. The van der Waals surface area contributed by atoms with Gasteiger partial charge in [0.1, 0.15) is 12.2 Å². The van der Waals surface area contributed by atoms with Gasteiger partial charge in [0.05, 0.1) is 0 Å². The minimum absolute atomic E-state index is 0. The van der Waals surface area contributed by atoms with Gasteiger partial charge in [-0.2, -0.15) is 0 Å². The maximum atomic E-state index is 4.78. The average molecular weight is 474 g/mol. The zero-order chi connectivity index (χ0) is 17.9. The highest BCUT2D eigenvalue weighted by Crippen LogP contribution is 2.19. The first-order valence-electron chi connectivity index (χ1n) is 9.82. The van der Waals surface area contributed by atoms with Crippen LogP contribution in [0.25, 0.3) is 0 Å². The van der Waals surface area contributed by atoms with Gasteiger partial charge in [-0.1, -0.05) is 25.5 Å². The fourth-order valence-corrected chi connectivity index (χ4v) is 2.97. The van der Waals surface area contributed by atoms with Crippen LogP contribution in [0.1, 0.15) is 65.1 Å². The molecule has 2 rings (SSSR count). The van der Waals surface area contributed by atoms with Crippen LogP contribution in [0.5, 0.6) is 0 Å². The molecule has 1 aliphatic carbocycles. The number of aryl methyl sites for hydroxylation is 1. The van der Waals surface area contributed by atoms with E-state index >= 15 is 0 Å². The summed E-state index contributed by atoms with van der Waals surface area (Å²) in [5.41, 5.74) is 1.58. The highest BCUT2D eigenvalue weighted by Gasteiger charge is 2.06. The molecule has 6 nitrogen and oxygen atoms in total. The monoisotopic (exact) mass is 474 g/mol. The van der Waals surface area contributed by atoms with Crippen LogP contribution in [0.2, 0.25) is 0 Å². The minimum Gasteiger partial charge on any atom is -0.355 e. The van der Waals surface area contributed by atoms with E-state index in [0.717, 1.165) is 50.7 Å².